The van der Waals surface area contributed by atoms with Gasteiger partial charge in [0.25, 0.3) is 0 Å². The number of carbonyl (C=O) groups is 1. The lowest BCUT2D eigenvalue weighted by molar-refractivity contribution is -0.121. The first kappa shape index (κ1) is 12.4. The van der Waals surface area contributed by atoms with Gasteiger partial charge in [-0.05, 0) is 37.2 Å². The number of benzene rings is 1. The minimum atomic E-state index is -0.810. The van der Waals surface area contributed by atoms with Crippen molar-refractivity contribution in [2.45, 2.75) is 25.7 Å². The molecule has 1 aromatic rings. The number of hydrogen-bond donors (Lipinski definition) is 2. The molecule has 5 heteroatoms. The SMILES string of the molecule is Nc1cc(NC(=O)C2CC3CCC2C3)c(F)cc1F. The number of rotatable bonds is 2. The Labute approximate surface area is 110 Å². The van der Waals surface area contributed by atoms with Crippen LogP contribution < -0.4 is 11.1 Å². The smallest absolute Gasteiger partial charge is 0.227 e. The number of carbonyl (C=O) groups excluding carboxylic acids is 1. The van der Waals surface area contributed by atoms with Gasteiger partial charge in [0.05, 0.1) is 11.4 Å². The lowest BCUT2D eigenvalue weighted by Gasteiger charge is -2.21. The standard InChI is InChI=1S/C14H16F2N2O/c15-10-5-11(16)13(6-12(10)17)18-14(19)9-4-7-1-2-8(9)3-7/h5-9H,1-4,17H2,(H,18,19). The van der Waals surface area contributed by atoms with Gasteiger partial charge in [0.2, 0.25) is 5.91 Å². The molecule has 1 aromatic carbocycles. The van der Waals surface area contributed by atoms with Gasteiger partial charge >= 0.3 is 0 Å². The van der Waals surface area contributed by atoms with Gasteiger partial charge in [0.15, 0.2) is 0 Å². The summed E-state index contributed by atoms with van der Waals surface area (Å²) < 4.78 is 26.6. The third-order valence-electron chi connectivity index (χ3n) is 4.42. The van der Waals surface area contributed by atoms with Gasteiger partial charge in [-0.15, -0.1) is 0 Å². The summed E-state index contributed by atoms with van der Waals surface area (Å²) in [4.78, 5) is 12.1. The van der Waals surface area contributed by atoms with Crippen molar-refractivity contribution in [3.8, 4) is 0 Å². The number of nitrogens with one attached hydrogen (secondary N) is 1. The zero-order valence-corrected chi connectivity index (χ0v) is 10.5. The van der Waals surface area contributed by atoms with Crippen LogP contribution in [0.2, 0.25) is 0 Å². The van der Waals surface area contributed by atoms with Crippen molar-refractivity contribution in [3.05, 3.63) is 23.8 Å². The highest BCUT2D eigenvalue weighted by Crippen LogP contribution is 2.48. The minimum absolute atomic E-state index is 0.0355. The molecule has 0 heterocycles. The van der Waals surface area contributed by atoms with E-state index in [4.69, 9.17) is 5.73 Å². The minimum Gasteiger partial charge on any atom is -0.396 e. The molecule has 0 spiro atoms. The molecule has 1 amide bonds. The van der Waals surface area contributed by atoms with Crippen LogP contribution in [-0.2, 0) is 4.79 Å². The molecule has 2 saturated carbocycles. The summed E-state index contributed by atoms with van der Waals surface area (Å²) in [6.07, 6.45) is 4.27. The lowest BCUT2D eigenvalue weighted by Crippen LogP contribution is -2.27. The topological polar surface area (TPSA) is 55.1 Å². The Morgan fingerprint density at radius 1 is 1.21 bits per heavy atom. The van der Waals surface area contributed by atoms with Crippen LogP contribution in [0.25, 0.3) is 0 Å². The van der Waals surface area contributed by atoms with Crippen LogP contribution in [0.4, 0.5) is 20.2 Å². The van der Waals surface area contributed by atoms with Crippen LogP contribution in [-0.4, -0.2) is 5.91 Å². The van der Waals surface area contributed by atoms with Gasteiger partial charge in [-0.1, -0.05) is 6.42 Å². The van der Waals surface area contributed by atoms with Crippen LogP contribution in [0.3, 0.4) is 0 Å². The van der Waals surface area contributed by atoms with E-state index < -0.39 is 11.6 Å². The second-order valence-electron chi connectivity index (χ2n) is 5.62. The Kier molecular flexibility index (Phi) is 2.92. The fourth-order valence-corrected chi connectivity index (χ4v) is 3.45. The molecule has 0 aliphatic heterocycles. The molecule has 19 heavy (non-hydrogen) atoms. The van der Waals surface area contributed by atoms with Crippen molar-refractivity contribution < 1.29 is 13.6 Å². The van der Waals surface area contributed by atoms with Crippen LogP contribution in [0.1, 0.15) is 25.7 Å². The Morgan fingerprint density at radius 3 is 2.63 bits per heavy atom. The quantitative estimate of drug-likeness (QED) is 0.809. The maximum Gasteiger partial charge on any atom is 0.227 e. The molecule has 2 aliphatic rings. The first-order valence-corrected chi connectivity index (χ1v) is 6.60. The van der Waals surface area contributed by atoms with Crippen molar-refractivity contribution in [1.82, 2.24) is 0 Å². The summed E-state index contributed by atoms with van der Waals surface area (Å²) in [5, 5.41) is 2.54. The molecule has 3 atom stereocenters. The van der Waals surface area contributed by atoms with Gasteiger partial charge in [0.1, 0.15) is 11.6 Å². The number of anilines is 2. The summed E-state index contributed by atoms with van der Waals surface area (Å²) >= 11 is 0. The zero-order chi connectivity index (χ0) is 13.6. The average molecular weight is 266 g/mol. The van der Waals surface area contributed by atoms with E-state index in [1.807, 2.05) is 0 Å². The average Bonchev–Trinajstić information content (AvgIpc) is 2.98. The molecule has 102 valence electrons. The van der Waals surface area contributed by atoms with E-state index >= 15 is 0 Å². The van der Waals surface area contributed by atoms with Crippen molar-refractivity contribution in [3.63, 3.8) is 0 Å². The van der Waals surface area contributed by atoms with Gasteiger partial charge < -0.3 is 11.1 Å². The molecule has 0 saturated heterocycles. The van der Waals surface area contributed by atoms with E-state index in [9.17, 15) is 13.6 Å². The number of fused-ring (bicyclic) bond motifs is 2. The first-order valence-electron chi connectivity index (χ1n) is 6.60. The van der Waals surface area contributed by atoms with E-state index in [2.05, 4.69) is 5.32 Å². The maximum absolute atomic E-state index is 13.6. The summed E-state index contributed by atoms with van der Waals surface area (Å²) in [6.45, 7) is 0. The number of nitrogens with two attached hydrogens (primary N) is 1. The zero-order valence-electron chi connectivity index (χ0n) is 10.5. The highest BCUT2D eigenvalue weighted by atomic mass is 19.1. The molecule has 0 aromatic heterocycles. The van der Waals surface area contributed by atoms with E-state index in [1.54, 1.807) is 0 Å². The summed E-state index contributed by atoms with van der Waals surface area (Å²) in [6, 6.07) is 1.83. The molecule has 2 aliphatic carbocycles. The van der Waals surface area contributed by atoms with Gasteiger partial charge in [0, 0.05) is 12.0 Å². The third kappa shape index (κ3) is 2.17. The molecule has 3 unspecified atom stereocenters. The maximum atomic E-state index is 13.6. The monoisotopic (exact) mass is 266 g/mol. The van der Waals surface area contributed by atoms with Crippen molar-refractivity contribution in [1.29, 1.82) is 0 Å². The molecule has 3 N–H and O–H groups in total. The highest BCUT2D eigenvalue weighted by molar-refractivity contribution is 5.93. The Balaban J connectivity index is 1.75. The summed E-state index contributed by atoms with van der Waals surface area (Å²) in [5.74, 6) is -0.741. The number of halogens is 2. The third-order valence-corrected chi connectivity index (χ3v) is 4.42. The summed E-state index contributed by atoms with van der Waals surface area (Å²) in [5.41, 5.74) is 5.19. The predicted octanol–water partition coefficient (Wildman–Crippen LogP) is 2.92. The van der Waals surface area contributed by atoms with Crippen LogP contribution in [0.5, 0.6) is 0 Å². The van der Waals surface area contributed by atoms with Crippen molar-refractivity contribution >= 4 is 17.3 Å². The van der Waals surface area contributed by atoms with E-state index in [1.165, 1.54) is 6.42 Å². The summed E-state index contributed by atoms with van der Waals surface area (Å²) in [7, 11) is 0. The fraction of sp³-hybridized carbons (Fsp3) is 0.500. The largest absolute Gasteiger partial charge is 0.396 e. The Hall–Kier alpha value is -1.65. The molecule has 3 rings (SSSR count). The Morgan fingerprint density at radius 2 is 2.00 bits per heavy atom. The van der Waals surface area contributed by atoms with Crippen molar-refractivity contribution in [2.24, 2.45) is 17.8 Å². The van der Waals surface area contributed by atoms with Gasteiger partial charge in [-0.2, -0.15) is 0 Å². The fourth-order valence-electron chi connectivity index (χ4n) is 3.45. The molecule has 2 bridgehead atoms. The van der Waals surface area contributed by atoms with Gasteiger partial charge in [-0.3, -0.25) is 4.79 Å². The second kappa shape index (κ2) is 4.47. The van der Waals surface area contributed by atoms with E-state index in [0.29, 0.717) is 17.9 Å². The number of hydrogen-bond acceptors (Lipinski definition) is 2. The van der Waals surface area contributed by atoms with Crippen LogP contribution in [0, 0.1) is 29.4 Å². The van der Waals surface area contributed by atoms with E-state index in [0.717, 1.165) is 25.3 Å². The van der Waals surface area contributed by atoms with Crippen LogP contribution in [0.15, 0.2) is 12.1 Å². The van der Waals surface area contributed by atoms with Gasteiger partial charge in [-0.25, -0.2) is 8.78 Å². The lowest BCUT2D eigenvalue weighted by atomic mass is 9.88. The number of amides is 1. The molecule has 0 radical (unpaired) electrons. The molecular formula is C14H16F2N2O. The normalized spacial score (nSPS) is 28.6. The molecule has 3 nitrogen and oxygen atoms in total. The second-order valence-corrected chi connectivity index (χ2v) is 5.62. The number of nitrogen functional groups attached to an aromatic ring is 1. The van der Waals surface area contributed by atoms with Crippen molar-refractivity contribution in [2.75, 3.05) is 11.1 Å². The predicted molar refractivity (Wildman–Crippen MR) is 68.3 cm³/mol. The van der Waals surface area contributed by atoms with Crippen LogP contribution >= 0.6 is 0 Å². The highest BCUT2D eigenvalue weighted by Gasteiger charge is 2.43. The first-order chi connectivity index (χ1) is 9.04. The molecular weight excluding hydrogens is 250 g/mol. The Bertz CT molecular complexity index is 532. The molecule has 2 fully saturated rings. The van der Waals surface area contributed by atoms with E-state index in [-0.39, 0.29) is 23.2 Å².